The lowest BCUT2D eigenvalue weighted by Crippen LogP contribution is -3.00. The molecule has 0 saturated carbocycles. The molecule has 4 nitrogen and oxygen atoms in total. The standard InChI is InChI=1S/C7H12ClN2O2S.ClH/c1-9-4-5-10(7-9)3-2-6-13(8,11)12;/h4-5,7H,2-3,6H2,1H3;1H/q+1;/p-1. The monoisotopic (exact) mass is 258 g/mol. The van der Waals surface area contributed by atoms with Crippen LogP contribution in [0.15, 0.2) is 18.7 Å². The van der Waals surface area contributed by atoms with Crippen molar-refractivity contribution in [3.05, 3.63) is 18.7 Å². The fourth-order valence-electron chi connectivity index (χ4n) is 1.05. The SMILES string of the molecule is C[n+]1ccn(CCCS(=O)(=O)Cl)c1.[Cl-]. The molecular formula is C7H12Cl2N2O2S. The van der Waals surface area contributed by atoms with Gasteiger partial charge in [-0.2, -0.15) is 0 Å². The Morgan fingerprint density at radius 1 is 1.50 bits per heavy atom. The van der Waals surface area contributed by atoms with Crippen LogP contribution in [-0.2, 0) is 22.6 Å². The first-order valence-electron chi connectivity index (χ1n) is 3.91. The molecule has 0 aliphatic heterocycles. The fourth-order valence-corrected chi connectivity index (χ4v) is 1.85. The zero-order valence-corrected chi connectivity index (χ0v) is 10.1. The maximum absolute atomic E-state index is 10.6. The van der Waals surface area contributed by atoms with Crippen LogP contribution in [0, 0.1) is 0 Å². The summed E-state index contributed by atoms with van der Waals surface area (Å²) < 4.78 is 25.0. The quantitative estimate of drug-likeness (QED) is 0.435. The second-order valence-electron chi connectivity index (χ2n) is 2.91. The van der Waals surface area contributed by atoms with E-state index in [4.69, 9.17) is 10.7 Å². The Labute approximate surface area is 94.3 Å². The normalized spacial score (nSPS) is 11.0. The van der Waals surface area contributed by atoms with Gasteiger partial charge in [-0.3, -0.25) is 0 Å². The first kappa shape index (κ1) is 13.7. The van der Waals surface area contributed by atoms with E-state index in [1.807, 2.05) is 34.9 Å². The van der Waals surface area contributed by atoms with Gasteiger partial charge in [-0.1, -0.05) is 0 Å². The van der Waals surface area contributed by atoms with Crippen molar-refractivity contribution in [3.63, 3.8) is 0 Å². The van der Waals surface area contributed by atoms with Gasteiger partial charge in [-0.05, 0) is 0 Å². The highest BCUT2D eigenvalue weighted by atomic mass is 35.7. The van der Waals surface area contributed by atoms with Gasteiger partial charge in [-0.15, -0.1) is 0 Å². The number of aryl methyl sites for hydroxylation is 2. The van der Waals surface area contributed by atoms with Crippen LogP contribution in [0.1, 0.15) is 6.42 Å². The average Bonchev–Trinajstić information content (AvgIpc) is 2.33. The summed E-state index contributed by atoms with van der Waals surface area (Å²) in [6, 6.07) is 0. The van der Waals surface area contributed by atoms with Gasteiger partial charge >= 0.3 is 0 Å². The Morgan fingerprint density at radius 3 is 2.57 bits per heavy atom. The summed E-state index contributed by atoms with van der Waals surface area (Å²) >= 11 is 0. The van der Waals surface area contributed by atoms with Crippen LogP contribution in [0.3, 0.4) is 0 Å². The molecule has 0 N–H and O–H groups in total. The van der Waals surface area contributed by atoms with Crippen LogP contribution >= 0.6 is 10.7 Å². The molecule has 0 amide bonds. The van der Waals surface area contributed by atoms with E-state index in [0.29, 0.717) is 13.0 Å². The van der Waals surface area contributed by atoms with E-state index in [1.54, 1.807) is 0 Å². The van der Waals surface area contributed by atoms with Gasteiger partial charge in [0.2, 0.25) is 15.4 Å². The van der Waals surface area contributed by atoms with Crippen molar-refractivity contribution in [1.29, 1.82) is 0 Å². The molecule has 0 aliphatic rings. The summed E-state index contributed by atoms with van der Waals surface area (Å²) in [5.41, 5.74) is 0. The second-order valence-corrected chi connectivity index (χ2v) is 5.81. The van der Waals surface area contributed by atoms with Crippen molar-refractivity contribution in [3.8, 4) is 0 Å². The molecule has 82 valence electrons. The molecule has 0 unspecified atom stereocenters. The minimum absolute atomic E-state index is 0. The molecule has 0 saturated heterocycles. The average molecular weight is 259 g/mol. The summed E-state index contributed by atoms with van der Waals surface area (Å²) in [4.78, 5) is 0. The molecule has 1 heterocycles. The maximum Gasteiger partial charge on any atom is 0.243 e. The van der Waals surface area contributed by atoms with Crippen LogP contribution in [0.4, 0.5) is 0 Å². The van der Waals surface area contributed by atoms with Gasteiger partial charge in [0.05, 0.1) is 19.3 Å². The van der Waals surface area contributed by atoms with Crippen LogP contribution in [0.5, 0.6) is 0 Å². The van der Waals surface area contributed by atoms with Crippen molar-refractivity contribution in [2.45, 2.75) is 13.0 Å². The molecule has 0 radical (unpaired) electrons. The Hall–Kier alpha value is -0.260. The van der Waals surface area contributed by atoms with Crippen molar-refractivity contribution in [2.75, 3.05) is 5.75 Å². The first-order valence-corrected chi connectivity index (χ1v) is 6.38. The predicted molar refractivity (Wildman–Crippen MR) is 49.9 cm³/mol. The van der Waals surface area contributed by atoms with Gasteiger partial charge in [0.1, 0.15) is 12.4 Å². The van der Waals surface area contributed by atoms with E-state index in [-0.39, 0.29) is 18.2 Å². The third kappa shape index (κ3) is 5.47. The Morgan fingerprint density at radius 2 is 2.14 bits per heavy atom. The summed E-state index contributed by atoms with van der Waals surface area (Å²) in [5.74, 6) is 0.0243. The molecular weight excluding hydrogens is 247 g/mol. The van der Waals surface area contributed by atoms with Crippen LogP contribution in [0.2, 0.25) is 0 Å². The molecule has 0 aromatic carbocycles. The molecule has 14 heavy (non-hydrogen) atoms. The van der Waals surface area contributed by atoms with E-state index in [2.05, 4.69) is 0 Å². The van der Waals surface area contributed by atoms with Gasteiger partial charge in [0.25, 0.3) is 0 Å². The zero-order chi connectivity index (χ0) is 9.90. The molecule has 0 aliphatic carbocycles. The van der Waals surface area contributed by atoms with E-state index >= 15 is 0 Å². The number of hydrogen-bond donors (Lipinski definition) is 0. The van der Waals surface area contributed by atoms with Crippen molar-refractivity contribution in [1.82, 2.24) is 4.57 Å². The lowest BCUT2D eigenvalue weighted by Gasteiger charge is -1.94. The highest BCUT2D eigenvalue weighted by Gasteiger charge is 2.06. The van der Waals surface area contributed by atoms with Crippen molar-refractivity contribution >= 4 is 19.7 Å². The number of aromatic nitrogens is 2. The third-order valence-electron chi connectivity index (χ3n) is 1.63. The lowest BCUT2D eigenvalue weighted by atomic mass is 10.5. The van der Waals surface area contributed by atoms with E-state index in [9.17, 15) is 8.42 Å². The molecule has 7 heteroatoms. The number of rotatable bonds is 4. The first-order chi connectivity index (χ1) is 5.97. The topological polar surface area (TPSA) is 43.0 Å². The molecule has 0 fully saturated rings. The Balaban J connectivity index is 0.00000169. The summed E-state index contributed by atoms with van der Waals surface area (Å²) in [7, 11) is 3.64. The highest BCUT2D eigenvalue weighted by molar-refractivity contribution is 8.13. The fraction of sp³-hybridized carbons (Fsp3) is 0.571. The minimum atomic E-state index is -3.34. The van der Waals surface area contributed by atoms with E-state index < -0.39 is 9.05 Å². The third-order valence-corrected chi connectivity index (χ3v) is 2.87. The number of imidazole rings is 1. The molecule has 0 atom stereocenters. The number of halogens is 2. The molecule has 1 rings (SSSR count). The summed E-state index contributed by atoms with van der Waals surface area (Å²) in [6.07, 6.45) is 6.22. The predicted octanol–water partition coefficient (Wildman–Crippen LogP) is -2.72. The van der Waals surface area contributed by atoms with Gasteiger partial charge in [-0.25, -0.2) is 17.6 Å². The van der Waals surface area contributed by atoms with Crippen molar-refractivity contribution in [2.24, 2.45) is 7.05 Å². The molecule has 0 bridgehead atoms. The Bertz CT molecular complexity index is 375. The van der Waals surface area contributed by atoms with Gasteiger partial charge in [0, 0.05) is 17.1 Å². The van der Waals surface area contributed by atoms with Crippen LogP contribution in [0.25, 0.3) is 0 Å². The van der Waals surface area contributed by atoms with E-state index in [0.717, 1.165) is 0 Å². The zero-order valence-electron chi connectivity index (χ0n) is 7.73. The van der Waals surface area contributed by atoms with Crippen molar-refractivity contribution < 1.29 is 25.4 Å². The molecule has 1 aromatic heterocycles. The van der Waals surface area contributed by atoms with E-state index in [1.165, 1.54) is 0 Å². The Kier molecular flexibility index (Phi) is 5.48. The molecule has 1 aromatic rings. The lowest BCUT2D eigenvalue weighted by molar-refractivity contribution is -0.671. The van der Waals surface area contributed by atoms with Crippen LogP contribution in [-0.4, -0.2) is 18.7 Å². The summed E-state index contributed by atoms with van der Waals surface area (Å²) in [6.45, 7) is 0.673. The van der Waals surface area contributed by atoms with Crippen LogP contribution < -0.4 is 17.0 Å². The number of nitrogens with zero attached hydrogens (tertiary/aromatic N) is 2. The van der Waals surface area contributed by atoms with Gasteiger partial charge in [0.15, 0.2) is 0 Å². The smallest absolute Gasteiger partial charge is 0.243 e. The maximum atomic E-state index is 10.6. The highest BCUT2D eigenvalue weighted by Crippen LogP contribution is 2.00. The number of hydrogen-bond acceptors (Lipinski definition) is 2. The second kappa shape index (κ2) is 5.58. The molecule has 0 spiro atoms. The summed E-state index contributed by atoms with van der Waals surface area (Å²) in [5, 5.41) is 0. The minimum Gasteiger partial charge on any atom is -1.00 e. The largest absolute Gasteiger partial charge is 1.00 e. The van der Waals surface area contributed by atoms with Gasteiger partial charge < -0.3 is 12.4 Å².